The third-order valence-corrected chi connectivity index (χ3v) is 6.24. The van der Waals surface area contributed by atoms with Crippen molar-refractivity contribution in [3.63, 3.8) is 0 Å². The third-order valence-electron chi connectivity index (χ3n) is 6.24. The second-order valence-corrected chi connectivity index (χ2v) is 8.17. The highest BCUT2D eigenvalue weighted by atomic mass is 19.1. The maximum Gasteiger partial charge on any atom is 0.231 e. The number of nitrogens with one attached hydrogen (secondary N) is 1. The van der Waals surface area contributed by atoms with E-state index in [2.05, 4.69) is 10.2 Å². The first-order valence-corrected chi connectivity index (χ1v) is 10.7. The molecule has 1 fully saturated rings. The minimum Gasteiger partial charge on any atom is -0.359 e. The number of anilines is 1. The Hall–Kier alpha value is -2.73. The average Bonchev–Trinajstić information content (AvgIpc) is 3.08. The number of fused-ring (bicyclic) bond motifs is 1. The molecule has 0 spiro atoms. The van der Waals surface area contributed by atoms with Gasteiger partial charge in [0, 0.05) is 38.4 Å². The highest BCUT2D eigenvalue weighted by molar-refractivity contribution is 6.02. The maximum atomic E-state index is 13.8. The molecule has 2 aliphatic rings. The molecule has 2 heterocycles. The Morgan fingerprint density at radius 1 is 1.17 bits per heavy atom. The van der Waals surface area contributed by atoms with Crippen molar-refractivity contribution in [3.05, 3.63) is 65.0 Å². The van der Waals surface area contributed by atoms with Crippen LogP contribution in [0.2, 0.25) is 0 Å². The number of carbonyl (C=O) groups is 2. The lowest BCUT2D eigenvalue weighted by molar-refractivity contribution is -0.120. The molecule has 0 saturated carbocycles. The van der Waals surface area contributed by atoms with Gasteiger partial charge in [0.2, 0.25) is 11.8 Å². The SMILES string of the molecule is CNC(=O)Cc1ccc2c(c1)N(C1CCN(CCc3ccccc3F)CC1)C(=O)C2. The van der Waals surface area contributed by atoms with Gasteiger partial charge in [-0.05, 0) is 48.1 Å². The number of amides is 2. The Balaban J connectivity index is 1.38. The van der Waals surface area contributed by atoms with Crippen LogP contribution in [0.15, 0.2) is 42.5 Å². The zero-order chi connectivity index (χ0) is 21.1. The van der Waals surface area contributed by atoms with E-state index >= 15 is 0 Å². The summed E-state index contributed by atoms with van der Waals surface area (Å²) in [6.07, 6.45) is 3.26. The van der Waals surface area contributed by atoms with E-state index in [-0.39, 0.29) is 23.7 Å². The second-order valence-electron chi connectivity index (χ2n) is 8.17. The van der Waals surface area contributed by atoms with E-state index in [1.807, 2.05) is 35.2 Å². The van der Waals surface area contributed by atoms with Gasteiger partial charge in [-0.15, -0.1) is 0 Å². The van der Waals surface area contributed by atoms with E-state index in [1.165, 1.54) is 6.07 Å². The molecular formula is C24H28FN3O2. The molecule has 158 valence electrons. The Bertz CT molecular complexity index is 938. The molecule has 30 heavy (non-hydrogen) atoms. The monoisotopic (exact) mass is 409 g/mol. The normalized spacial score (nSPS) is 17.3. The minimum absolute atomic E-state index is 0.0333. The van der Waals surface area contributed by atoms with Gasteiger partial charge in [-0.1, -0.05) is 30.3 Å². The number of hydrogen-bond donors (Lipinski definition) is 1. The van der Waals surface area contributed by atoms with E-state index < -0.39 is 0 Å². The number of rotatable bonds is 6. The van der Waals surface area contributed by atoms with Gasteiger partial charge in [-0.2, -0.15) is 0 Å². The first kappa shape index (κ1) is 20.5. The summed E-state index contributed by atoms with van der Waals surface area (Å²) in [4.78, 5) is 28.8. The molecule has 2 aromatic carbocycles. The molecule has 4 rings (SSSR count). The van der Waals surface area contributed by atoms with Crippen molar-refractivity contribution in [2.75, 3.05) is 31.6 Å². The van der Waals surface area contributed by atoms with Crippen LogP contribution >= 0.6 is 0 Å². The van der Waals surface area contributed by atoms with Gasteiger partial charge >= 0.3 is 0 Å². The number of halogens is 1. The van der Waals surface area contributed by atoms with Crippen molar-refractivity contribution >= 4 is 17.5 Å². The van der Waals surface area contributed by atoms with Gasteiger partial charge in [0.05, 0.1) is 12.8 Å². The summed E-state index contributed by atoms with van der Waals surface area (Å²) >= 11 is 0. The molecule has 0 unspecified atom stereocenters. The average molecular weight is 410 g/mol. The fourth-order valence-corrected chi connectivity index (χ4v) is 4.53. The predicted octanol–water partition coefficient (Wildman–Crippen LogP) is 2.71. The van der Waals surface area contributed by atoms with Gasteiger partial charge in [-0.3, -0.25) is 9.59 Å². The third kappa shape index (κ3) is 4.38. The molecule has 0 bridgehead atoms. The maximum absolute atomic E-state index is 13.8. The lowest BCUT2D eigenvalue weighted by Gasteiger charge is -2.37. The second kappa shape index (κ2) is 8.96. The molecular weight excluding hydrogens is 381 g/mol. The molecule has 6 heteroatoms. The summed E-state index contributed by atoms with van der Waals surface area (Å²) in [6.45, 7) is 2.63. The van der Waals surface area contributed by atoms with Gasteiger partial charge in [0.25, 0.3) is 0 Å². The van der Waals surface area contributed by atoms with Crippen molar-refractivity contribution in [3.8, 4) is 0 Å². The van der Waals surface area contributed by atoms with Crippen molar-refractivity contribution in [2.45, 2.75) is 38.1 Å². The topological polar surface area (TPSA) is 52.7 Å². The fraction of sp³-hybridized carbons (Fsp3) is 0.417. The molecule has 2 aliphatic heterocycles. The zero-order valence-electron chi connectivity index (χ0n) is 17.4. The highest BCUT2D eigenvalue weighted by Gasteiger charge is 2.35. The first-order valence-electron chi connectivity index (χ1n) is 10.7. The Labute approximate surface area is 176 Å². The summed E-state index contributed by atoms with van der Waals surface area (Å²) < 4.78 is 13.8. The molecule has 0 aliphatic carbocycles. The van der Waals surface area contributed by atoms with E-state index in [9.17, 15) is 14.0 Å². The Morgan fingerprint density at radius 2 is 1.93 bits per heavy atom. The van der Waals surface area contributed by atoms with Crippen LogP contribution in [0.3, 0.4) is 0 Å². The molecule has 0 radical (unpaired) electrons. The number of benzene rings is 2. The summed E-state index contributed by atoms with van der Waals surface area (Å²) in [5, 5.41) is 2.65. The molecule has 1 N–H and O–H groups in total. The quantitative estimate of drug-likeness (QED) is 0.798. The number of likely N-dealkylation sites (N-methyl/N-ethyl adjacent to an activating group) is 1. The number of nitrogens with zero attached hydrogens (tertiary/aromatic N) is 2. The van der Waals surface area contributed by atoms with Crippen LogP contribution in [0, 0.1) is 5.82 Å². The van der Waals surface area contributed by atoms with E-state index in [0.717, 1.165) is 54.9 Å². The van der Waals surface area contributed by atoms with Crippen molar-refractivity contribution in [2.24, 2.45) is 0 Å². The van der Waals surface area contributed by atoms with E-state index in [0.29, 0.717) is 19.3 Å². The molecule has 5 nitrogen and oxygen atoms in total. The lowest BCUT2D eigenvalue weighted by Crippen LogP contribution is -2.46. The molecule has 1 saturated heterocycles. The number of likely N-dealkylation sites (tertiary alicyclic amines) is 1. The Morgan fingerprint density at radius 3 is 2.67 bits per heavy atom. The van der Waals surface area contributed by atoms with Crippen LogP contribution in [0.25, 0.3) is 0 Å². The fourth-order valence-electron chi connectivity index (χ4n) is 4.53. The van der Waals surface area contributed by atoms with Gasteiger partial charge in [0.1, 0.15) is 5.82 Å². The van der Waals surface area contributed by atoms with Crippen molar-refractivity contribution in [1.82, 2.24) is 10.2 Å². The first-order chi connectivity index (χ1) is 14.5. The zero-order valence-corrected chi connectivity index (χ0v) is 17.4. The van der Waals surface area contributed by atoms with Crippen molar-refractivity contribution < 1.29 is 14.0 Å². The highest BCUT2D eigenvalue weighted by Crippen LogP contribution is 2.34. The lowest BCUT2D eigenvalue weighted by atomic mass is 10.0. The number of carbonyl (C=O) groups excluding carboxylic acids is 2. The van der Waals surface area contributed by atoms with Crippen LogP contribution in [0.5, 0.6) is 0 Å². The van der Waals surface area contributed by atoms with Crippen molar-refractivity contribution in [1.29, 1.82) is 0 Å². The van der Waals surface area contributed by atoms with Crippen LogP contribution in [-0.2, 0) is 28.9 Å². The van der Waals surface area contributed by atoms with Crippen LogP contribution in [-0.4, -0.2) is 49.4 Å². The largest absolute Gasteiger partial charge is 0.359 e. The summed E-state index contributed by atoms with van der Waals surface area (Å²) in [6, 6.07) is 13.0. The minimum atomic E-state index is -0.140. The molecule has 0 aromatic heterocycles. The predicted molar refractivity (Wildman–Crippen MR) is 115 cm³/mol. The summed E-state index contributed by atoms with van der Waals surface area (Å²) in [5.74, 6) is -0.0277. The molecule has 2 amide bonds. The summed E-state index contributed by atoms with van der Waals surface area (Å²) in [7, 11) is 1.63. The van der Waals surface area contributed by atoms with Gasteiger partial charge in [-0.25, -0.2) is 4.39 Å². The standard InChI is InChI=1S/C24H28FN3O2/c1-26-23(29)15-17-6-7-19-16-24(30)28(22(19)14-17)20-9-12-27(13-10-20)11-8-18-4-2-3-5-21(18)25/h2-7,14,20H,8-13,15-16H2,1H3,(H,26,29). The van der Waals surface area contributed by atoms with E-state index in [4.69, 9.17) is 0 Å². The Kier molecular flexibility index (Phi) is 6.13. The van der Waals surface area contributed by atoms with Gasteiger partial charge in [0.15, 0.2) is 0 Å². The number of piperidine rings is 1. The van der Waals surface area contributed by atoms with Crippen LogP contribution < -0.4 is 10.2 Å². The molecule has 2 aromatic rings. The smallest absolute Gasteiger partial charge is 0.231 e. The summed E-state index contributed by atoms with van der Waals surface area (Å²) in [5.41, 5.74) is 3.69. The molecule has 0 atom stereocenters. The van der Waals surface area contributed by atoms with Crippen LogP contribution in [0.1, 0.15) is 29.5 Å². The van der Waals surface area contributed by atoms with Gasteiger partial charge < -0.3 is 15.1 Å². The number of hydrogen-bond acceptors (Lipinski definition) is 3. The van der Waals surface area contributed by atoms with Crippen LogP contribution in [0.4, 0.5) is 10.1 Å². The van der Waals surface area contributed by atoms with E-state index in [1.54, 1.807) is 13.1 Å².